The molecule has 112 valence electrons. The summed E-state index contributed by atoms with van der Waals surface area (Å²) in [4.78, 5) is 2.57. The Bertz CT molecular complexity index is 421. The van der Waals surface area contributed by atoms with Crippen LogP contribution in [0.25, 0.3) is 0 Å². The minimum Gasteiger partial charge on any atom is -0.326 e. The van der Waals surface area contributed by atoms with E-state index in [0.29, 0.717) is 6.04 Å². The summed E-state index contributed by atoms with van der Waals surface area (Å²) in [6.45, 7) is 6.78. The fourth-order valence-corrected chi connectivity index (χ4v) is 3.60. The molecule has 2 N–H and O–H groups in total. The lowest BCUT2D eigenvalue weighted by atomic mass is 9.96. The van der Waals surface area contributed by atoms with Gasteiger partial charge in [-0.2, -0.15) is 0 Å². The Morgan fingerprint density at radius 2 is 2.20 bits per heavy atom. The normalized spacial score (nSPS) is 22.9. The largest absolute Gasteiger partial charge is 0.326 e. The highest BCUT2D eigenvalue weighted by Crippen LogP contribution is 2.33. The van der Waals surface area contributed by atoms with Crippen molar-refractivity contribution in [3.63, 3.8) is 0 Å². The van der Waals surface area contributed by atoms with Gasteiger partial charge in [0.05, 0.1) is 0 Å². The second-order valence-corrected chi connectivity index (χ2v) is 6.45. The minimum absolute atomic E-state index is 0.175. The van der Waals surface area contributed by atoms with Crippen molar-refractivity contribution < 1.29 is 0 Å². The van der Waals surface area contributed by atoms with Crippen LogP contribution in [0.3, 0.4) is 0 Å². The molecule has 0 saturated carbocycles. The zero-order valence-corrected chi connectivity index (χ0v) is 13.4. The van der Waals surface area contributed by atoms with Crippen LogP contribution in [0.4, 0.5) is 0 Å². The molecule has 2 rings (SSSR count). The summed E-state index contributed by atoms with van der Waals surface area (Å²) in [7, 11) is 0. The highest BCUT2D eigenvalue weighted by Gasteiger charge is 2.31. The molecule has 1 aliphatic rings. The number of benzene rings is 1. The number of rotatable bonds is 6. The number of likely N-dealkylation sites (tertiary alicyclic amines) is 1. The van der Waals surface area contributed by atoms with E-state index in [1.54, 1.807) is 0 Å². The quantitative estimate of drug-likeness (QED) is 0.850. The van der Waals surface area contributed by atoms with Crippen molar-refractivity contribution in [3.8, 4) is 0 Å². The third-order valence-electron chi connectivity index (χ3n) is 4.47. The molecular formula is C17H27ClN2. The van der Waals surface area contributed by atoms with Crippen molar-refractivity contribution in [1.29, 1.82) is 0 Å². The molecule has 3 unspecified atom stereocenters. The Kier molecular flexibility index (Phi) is 5.88. The standard InChI is InChI=1S/C17H27ClN2/c1-3-6-13-9-10-20(12-13)17(16(19)4-2)14-7-5-8-15(18)11-14/h5,7-8,11,13,16-17H,3-4,6,9-10,12,19H2,1-2H3. The molecule has 0 bridgehead atoms. The monoisotopic (exact) mass is 294 g/mol. The number of hydrogen-bond donors (Lipinski definition) is 1. The van der Waals surface area contributed by atoms with Crippen LogP contribution in [0.5, 0.6) is 0 Å². The maximum atomic E-state index is 6.41. The van der Waals surface area contributed by atoms with Crippen LogP contribution in [0.15, 0.2) is 24.3 Å². The Hall–Kier alpha value is -0.570. The molecule has 0 amide bonds. The lowest BCUT2D eigenvalue weighted by Crippen LogP contribution is -2.39. The number of nitrogens with two attached hydrogens (primary N) is 1. The molecule has 3 heteroatoms. The van der Waals surface area contributed by atoms with E-state index in [-0.39, 0.29) is 6.04 Å². The van der Waals surface area contributed by atoms with Gasteiger partial charge in [-0.05, 0) is 49.4 Å². The highest BCUT2D eigenvalue weighted by molar-refractivity contribution is 6.30. The van der Waals surface area contributed by atoms with Gasteiger partial charge in [0.25, 0.3) is 0 Å². The highest BCUT2D eigenvalue weighted by atomic mass is 35.5. The van der Waals surface area contributed by atoms with Crippen molar-refractivity contribution in [2.24, 2.45) is 11.7 Å². The summed E-state index contributed by atoms with van der Waals surface area (Å²) >= 11 is 6.16. The Balaban J connectivity index is 2.16. The smallest absolute Gasteiger partial charge is 0.0499 e. The first kappa shape index (κ1) is 15.8. The van der Waals surface area contributed by atoms with E-state index in [1.165, 1.54) is 31.4 Å². The molecule has 1 aliphatic heterocycles. The van der Waals surface area contributed by atoms with Crippen LogP contribution in [0.1, 0.15) is 51.1 Å². The Labute approximate surface area is 128 Å². The van der Waals surface area contributed by atoms with E-state index in [1.807, 2.05) is 12.1 Å². The molecule has 0 spiro atoms. The van der Waals surface area contributed by atoms with Gasteiger partial charge in [0, 0.05) is 23.7 Å². The van der Waals surface area contributed by atoms with Crippen LogP contribution in [-0.4, -0.2) is 24.0 Å². The van der Waals surface area contributed by atoms with Gasteiger partial charge in [-0.15, -0.1) is 0 Å². The first-order chi connectivity index (χ1) is 9.65. The summed E-state index contributed by atoms with van der Waals surface area (Å²) in [5, 5.41) is 0.806. The molecule has 1 saturated heterocycles. The molecule has 1 heterocycles. The summed E-state index contributed by atoms with van der Waals surface area (Å²) in [5.74, 6) is 0.839. The van der Waals surface area contributed by atoms with Gasteiger partial charge in [-0.3, -0.25) is 4.90 Å². The predicted molar refractivity (Wildman–Crippen MR) is 87.0 cm³/mol. The number of hydrogen-bond acceptors (Lipinski definition) is 2. The molecule has 1 aromatic rings. The van der Waals surface area contributed by atoms with Crippen LogP contribution >= 0.6 is 11.6 Å². The molecule has 0 radical (unpaired) electrons. The fourth-order valence-electron chi connectivity index (χ4n) is 3.40. The topological polar surface area (TPSA) is 29.3 Å². The summed E-state index contributed by atoms with van der Waals surface area (Å²) in [5.41, 5.74) is 7.68. The van der Waals surface area contributed by atoms with Crippen LogP contribution in [-0.2, 0) is 0 Å². The lowest BCUT2D eigenvalue weighted by Gasteiger charge is -2.33. The molecule has 1 fully saturated rings. The first-order valence-corrected chi connectivity index (χ1v) is 8.28. The summed E-state index contributed by atoms with van der Waals surface area (Å²) < 4.78 is 0. The van der Waals surface area contributed by atoms with Gasteiger partial charge in [0.15, 0.2) is 0 Å². The number of nitrogens with zero attached hydrogens (tertiary/aromatic N) is 1. The Morgan fingerprint density at radius 3 is 2.85 bits per heavy atom. The second-order valence-electron chi connectivity index (χ2n) is 6.01. The van der Waals surface area contributed by atoms with Crippen LogP contribution in [0, 0.1) is 5.92 Å². The van der Waals surface area contributed by atoms with Crippen molar-refractivity contribution in [2.45, 2.75) is 51.6 Å². The first-order valence-electron chi connectivity index (χ1n) is 7.90. The van der Waals surface area contributed by atoms with Crippen molar-refractivity contribution in [2.75, 3.05) is 13.1 Å². The summed E-state index contributed by atoms with van der Waals surface area (Å²) in [6, 6.07) is 8.69. The molecule has 1 aromatic carbocycles. The van der Waals surface area contributed by atoms with Gasteiger partial charge in [0.1, 0.15) is 0 Å². The Morgan fingerprint density at radius 1 is 1.40 bits per heavy atom. The zero-order valence-electron chi connectivity index (χ0n) is 12.7. The lowest BCUT2D eigenvalue weighted by molar-refractivity contribution is 0.201. The van der Waals surface area contributed by atoms with E-state index in [4.69, 9.17) is 17.3 Å². The zero-order chi connectivity index (χ0) is 14.5. The van der Waals surface area contributed by atoms with E-state index < -0.39 is 0 Å². The maximum absolute atomic E-state index is 6.41. The van der Waals surface area contributed by atoms with Crippen molar-refractivity contribution in [3.05, 3.63) is 34.9 Å². The average molecular weight is 295 g/mol. The van der Waals surface area contributed by atoms with E-state index in [9.17, 15) is 0 Å². The van der Waals surface area contributed by atoms with Gasteiger partial charge < -0.3 is 5.73 Å². The van der Waals surface area contributed by atoms with E-state index >= 15 is 0 Å². The molecule has 2 nitrogen and oxygen atoms in total. The van der Waals surface area contributed by atoms with Crippen LogP contribution in [0.2, 0.25) is 5.02 Å². The van der Waals surface area contributed by atoms with E-state index in [2.05, 4.69) is 30.9 Å². The summed E-state index contributed by atoms with van der Waals surface area (Å²) in [6.07, 6.45) is 4.91. The van der Waals surface area contributed by atoms with Crippen molar-refractivity contribution in [1.82, 2.24) is 4.90 Å². The number of halogens is 1. The molecular weight excluding hydrogens is 268 g/mol. The molecule has 3 atom stereocenters. The third kappa shape index (κ3) is 3.75. The SMILES string of the molecule is CCCC1CCN(C(c2cccc(Cl)c2)C(N)CC)C1. The van der Waals surface area contributed by atoms with Gasteiger partial charge >= 0.3 is 0 Å². The van der Waals surface area contributed by atoms with E-state index in [0.717, 1.165) is 23.9 Å². The van der Waals surface area contributed by atoms with Gasteiger partial charge in [-0.1, -0.05) is 44.0 Å². The average Bonchev–Trinajstić information content (AvgIpc) is 2.87. The molecule has 20 heavy (non-hydrogen) atoms. The van der Waals surface area contributed by atoms with Crippen LogP contribution < -0.4 is 5.73 Å². The fraction of sp³-hybridized carbons (Fsp3) is 0.647. The van der Waals surface area contributed by atoms with Gasteiger partial charge in [0.2, 0.25) is 0 Å². The van der Waals surface area contributed by atoms with Crippen molar-refractivity contribution >= 4 is 11.6 Å². The predicted octanol–water partition coefficient (Wildman–Crippen LogP) is 4.24. The minimum atomic E-state index is 0.175. The van der Waals surface area contributed by atoms with Gasteiger partial charge in [-0.25, -0.2) is 0 Å². The maximum Gasteiger partial charge on any atom is 0.0499 e. The second kappa shape index (κ2) is 7.44. The third-order valence-corrected chi connectivity index (χ3v) is 4.71. The molecule has 0 aliphatic carbocycles. The molecule has 0 aromatic heterocycles.